The van der Waals surface area contributed by atoms with Crippen molar-refractivity contribution in [2.45, 2.75) is 25.9 Å². The lowest BCUT2D eigenvalue weighted by Crippen LogP contribution is -2.26. The van der Waals surface area contributed by atoms with Gasteiger partial charge in [-0.3, -0.25) is 14.7 Å². The Morgan fingerprint density at radius 1 is 1.28 bits per heavy atom. The lowest BCUT2D eigenvalue weighted by Gasteiger charge is -2.19. The molecule has 1 aromatic carbocycles. The summed E-state index contributed by atoms with van der Waals surface area (Å²) in [5.74, 6) is 1.06. The lowest BCUT2D eigenvalue weighted by molar-refractivity contribution is 0.0996. The zero-order valence-corrected chi connectivity index (χ0v) is 18.0. The maximum absolute atomic E-state index is 14.8. The largest absolute Gasteiger partial charge is 0.496 e. The van der Waals surface area contributed by atoms with E-state index in [0.717, 1.165) is 30.9 Å². The van der Waals surface area contributed by atoms with Gasteiger partial charge in [-0.05, 0) is 55.8 Å². The first-order valence-electron chi connectivity index (χ1n) is 10.6. The molecule has 7 nitrogen and oxygen atoms in total. The molecule has 0 saturated carbocycles. The van der Waals surface area contributed by atoms with Crippen LogP contribution in [0.4, 0.5) is 16.0 Å². The van der Waals surface area contributed by atoms with Gasteiger partial charge in [0.15, 0.2) is 0 Å². The number of nitrogens with zero attached hydrogens (tertiary/aromatic N) is 3. The minimum atomic E-state index is -0.443. The number of anilines is 2. The standard InChI is InChI=1S/C24H24FN5O2/c1-14-10-20(28-15-6-8-26-12-15)29-21(11-14)30-13-17-16(24(30)31)7-9-27-23(17)22-18(25)4-3-5-19(22)32-2/h3-5,7,9-11,15,26H,6,8,12-13H2,1-2H3,(H,28,29)/t15-/m1/s1. The first-order chi connectivity index (χ1) is 15.5. The molecule has 2 aromatic heterocycles. The van der Waals surface area contributed by atoms with Crippen LogP contribution in [0.1, 0.15) is 27.9 Å². The number of pyridine rings is 2. The highest BCUT2D eigenvalue weighted by Gasteiger charge is 2.33. The van der Waals surface area contributed by atoms with Gasteiger partial charge in [0.25, 0.3) is 5.91 Å². The minimum absolute atomic E-state index is 0.175. The Balaban J connectivity index is 1.52. The summed E-state index contributed by atoms with van der Waals surface area (Å²) in [5, 5.41) is 6.78. The first kappa shape index (κ1) is 20.4. The summed E-state index contributed by atoms with van der Waals surface area (Å²) in [4.78, 5) is 24.0. The van der Waals surface area contributed by atoms with Gasteiger partial charge in [-0.25, -0.2) is 9.37 Å². The van der Waals surface area contributed by atoms with Crippen molar-refractivity contribution in [1.82, 2.24) is 15.3 Å². The molecule has 2 aliphatic heterocycles. The van der Waals surface area contributed by atoms with Crippen molar-refractivity contribution in [3.63, 3.8) is 0 Å². The molecule has 1 atom stereocenters. The highest BCUT2D eigenvalue weighted by molar-refractivity contribution is 6.10. The van der Waals surface area contributed by atoms with Crippen molar-refractivity contribution in [2.75, 3.05) is 30.4 Å². The molecule has 1 saturated heterocycles. The number of methoxy groups -OCH3 is 1. The number of hydrogen-bond donors (Lipinski definition) is 2. The highest BCUT2D eigenvalue weighted by Crippen LogP contribution is 2.38. The number of rotatable bonds is 5. The molecule has 32 heavy (non-hydrogen) atoms. The summed E-state index contributed by atoms with van der Waals surface area (Å²) < 4.78 is 20.1. The molecule has 8 heteroatoms. The molecule has 4 heterocycles. The van der Waals surface area contributed by atoms with Gasteiger partial charge in [-0.1, -0.05) is 6.07 Å². The van der Waals surface area contributed by atoms with Crippen molar-refractivity contribution in [3.05, 3.63) is 65.1 Å². The molecule has 2 aliphatic rings. The van der Waals surface area contributed by atoms with Crippen LogP contribution in [0.2, 0.25) is 0 Å². The van der Waals surface area contributed by atoms with Crippen LogP contribution in [0.15, 0.2) is 42.6 Å². The summed E-state index contributed by atoms with van der Waals surface area (Å²) in [7, 11) is 1.49. The summed E-state index contributed by atoms with van der Waals surface area (Å²) >= 11 is 0. The smallest absolute Gasteiger partial charge is 0.260 e. The van der Waals surface area contributed by atoms with Gasteiger partial charge in [0.05, 0.1) is 24.9 Å². The van der Waals surface area contributed by atoms with E-state index in [4.69, 9.17) is 9.72 Å². The Bertz CT molecular complexity index is 1190. The molecule has 0 bridgehead atoms. The van der Waals surface area contributed by atoms with Gasteiger partial charge in [0.1, 0.15) is 23.2 Å². The van der Waals surface area contributed by atoms with Crippen LogP contribution in [-0.4, -0.2) is 42.1 Å². The molecule has 1 amide bonds. The number of nitrogens with one attached hydrogen (secondary N) is 2. The van der Waals surface area contributed by atoms with Gasteiger partial charge >= 0.3 is 0 Å². The summed E-state index contributed by atoms with van der Waals surface area (Å²) in [6, 6.07) is 10.5. The molecule has 0 radical (unpaired) electrons. The van der Waals surface area contributed by atoms with Crippen LogP contribution in [0.5, 0.6) is 5.75 Å². The van der Waals surface area contributed by atoms with Crippen molar-refractivity contribution in [3.8, 4) is 17.0 Å². The van der Waals surface area contributed by atoms with Crippen molar-refractivity contribution in [1.29, 1.82) is 0 Å². The predicted molar refractivity (Wildman–Crippen MR) is 121 cm³/mol. The molecular weight excluding hydrogens is 409 g/mol. The van der Waals surface area contributed by atoms with Gasteiger partial charge in [0.2, 0.25) is 0 Å². The van der Waals surface area contributed by atoms with Crippen molar-refractivity contribution in [2.24, 2.45) is 0 Å². The second kappa shape index (κ2) is 8.20. The van der Waals surface area contributed by atoms with Crippen LogP contribution in [0.3, 0.4) is 0 Å². The van der Waals surface area contributed by atoms with Gasteiger partial charge in [-0.15, -0.1) is 0 Å². The van der Waals surface area contributed by atoms with Crippen LogP contribution < -0.4 is 20.3 Å². The third kappa shape index (κ3) is 3.56. The Labute approximate surface area is 185 Å². The molecular formula is C24H24FN5O2. The number of aromatic nitrogens is 2. The second-order valence-corrected chi connectivity index (χ2v) is 8.12. The van der Waals surface area contributed by atoms with E-state index in [-0.39, 0.29) is 18.0 Å². The average Bonchev–Trinajstić information content (AvgIpc) is 3.41. The zero-order chi connectivity index (χ0) is 22.2. The monoisotopic (exact) mass is 433 g/mol. The summed E-state index contributed by atoms with van der Waals surface area (Å²) in [5.41, 5.74) is 2.84. The molecule has 0 unspecified atom stereocenters. The molecule has 164 valence electrons. The number of fused-ring (bicyclic) bond motifs is 1. The van der Waals surface area contributed by atoms with E-state index in [1.54, 1.807) is 23.1 Å². The number of hydrogen-bond acceptors (Lipinski definition) is 6. The van der Waals surface area contributed by atoms with Crippen LogP contribution in [0.25, 0.3) is 11.3 Å². The lowest BCUT2D eigenvalue weighted by atomic mass is 10.0. The number of aryl methyl sites for hydroxylation is 1. The molecule has 0 spiro atoms. The van der Waals surface area contributed by atoms with E-state index in [1.807, 2.05) is 19.1 Å². The fourth-order valence-electron chi connectivity index (χ4n) is 4.38. The Morgan fingerprint density at radius 2 is 2.16 bits per heavy atom. The third-order valence-corrected chi connectivity index (χ3v) is 5.92. The quantitative estimate of drug-likeness (QED) is 0.641. The fourth-order valence-corrected chi connectivity index (χ4v) is 4.38. The maximum atomic E-state index is 14.8. The van der Waals surface area contributed by atoms with E-state index in [1.165, 1.54) is 19.4 Å². The van der Waals surface area contributed by atoms with Crippen molar-refractivity contribution < 1.29 is 13.9 Å². The maximum Gasteiger partial charge on any atom is 0.260 e. The predicted octanol–water partition coefficient (Wildman–Crippen LogP) is 3.53. The number of amides is 1. The fraction of sp³-hybridized carbons (Fsp3) is 0.292. The molecule has 5 rings (SSSR count). The van der Waals surface area contributed by atoms with Crippen molar-refractivity contribution >= 4 is 17.5 Å². The van der Waals surface area contributed by atoms with E-state index in [0.29, 0.717) is 34.4 Å². The van der Waals surface area contributed by atoms with Crippen LogP contribution in [-0.2, 0) is 6.54 Å². The molecule has 2 N–H and O–H groups in total. The number of benzene rings is 1. The van der Waals surface area contributed by atoms with E-state index >= 15 is 0 Å². The average molecular weight is 433 g/mol. The normalized spacial score (nSPS) is 17.5. The second-order valence-electron chi connectivity index (χ2n) is 8.12. The molecule has 0 aliphatic carbocycles. The first-order valence-corrected chi connectivity index (χ1v) is 10.6. The third-order valence-electron chi connectivity index (χ3n) is 5.92. The molecule has 3 aromatic rings. The zero-order valence-electron chi connectivity index (χ0n) is 18.0. The Kier molecular flexibility index (Phi) is 5.22. The Hall–Kier alpha value is -3.52. The van der Waals surface area contributed by atoms with Gasteiger partial charge in [-0.2, -0.15) is 0 Å². The summed E-state index contributed by atoms with van der Waals surface area (Å²) in [6.45, 7) is 4.11. The Morgan fingerprint density at radius 3 is 2.94 bits per heavy atom. The highest BCUT2D eigenvalue weighted by atomic mass is 19.1. The summed E-state index contributed by atoms with van der Waals surface area (Å²) in [6.07, 6.45) is 2.56. The van der Waals surface area contributed by atoms with E-state index in [9.17, 15) is 9.18 Å². The topological polar surface area (TPSA) is 79.4 Å². The minimum Gasteiger partial charge on any atom is -0.496 e. The van der Waals surface area contributed by atoms with E-state index < -0.39 is 5.82 Å². The number of halogens is 1. The van der Waals surface area contributed by atoms with Gasteiger partial charge < -0.3 is 15.4 Å². The molecule has 1 fully saturated rings. The SMILES string of the molecule is COc1cccc(F)c1-c1nccc2c1CN(c1cc(C)cc(N[C@@H]3CCNC3)n1)C2=O. The number of carbonyl (C=O) groups is 1. The number of carbonyl (C=O) groups excluding carboxylic acids is 1. The van der Waals surface area contributed by atoms with Crippen LogP contribution >= 0.6 is 0 Å². The van der Waals surface area contributed by atoms with E-state index in [2.05, 4.69) is 15.6 Å². The van der Waals surface area contributed by atoms with Gasteiger partial charge in [0, 0.05) is 29.9 Å². The van der Waals surface area contributed by atoms with Crippen LogP contribution in [0, 0.1) is 12.7 Å². The number of ether oxygens (including phenoxy) is 1.